The van der Waals surface area contributed by atoms with E-state index in [4.69, 9.17) is 9.47 Å². The molecule has 3 N–H and O–H groups in total. The molecule has 11 nitrogen and oxygen atoms in total. The lowest BCUT2D eigenvalue weighted by Gasteiger charge is -2.33. The molecule has 0 atom stereocenters. The van der Waals surface area contributed by atoms with Gasteiger partial charge in [0.05, 0.1) is 34.9 Å². The number of aliphatic hydroxyl groups excluding tert-OH is 1. The summed E-state index contributed by atoms with van der Waals surface area (Å²) in [6.07, 6.45) is 40.3. The van der Waals surface area contributed by atoms with Crippen molar-refractivity contribution in [3.8, 4) is 0 Å². The van der Waals surface area contributed by atoms with Crippen LogP contribution in [-0.4, -0.2) is 102 Å². The van der Waals surface area contributed by atoms with E-state index in [1.807, 2.05) is 26.5 Å². The van der Waals surface area contributed by atoms with E-state index >= 15 is 0 Å². The van der Waals surface area contributed by atoms with Crippen LogP contribution in [0, 0.1) is 0 Å². The van der Waals surface area contributed by atoms with Crippen LogP contribution in [0.1, 0.15) is 219 Å². The zero-order valence-corrected chi connectivity index (χ0v) is 41.0. The Labute approximate surface area is 371 Å². The number of esters is 2. The Kier molecular flexibility index (Phi) is 56.2. The molecule has 0 unspecified atom stereocenters. The van der Waals surface area contributed by atoms with Crippen LogP contribution < -0.4 is 17.7 Å². The maximum absolute atomic E-state index is 12.3. The number of carbonyl (C=O) groups is 2. The summed E-state index contributed by atoms with van der Waals surface area (Å²) in [5.41, 5.74) is 0. The van der Waals surface area contributed by atoms with Crippen molar-refractivity contribution >= 4 is 22.3 Å². The quantitative estimate of drug-likeness (QED) is 0.0218. The van der Waals surface area contributed by atoms with Gasteiger partial charge in [-0.25, -0.2) is 8.42 Å². The number of hydrogen-bond acceptors (Lipinski definition) is 9. The van der Waals surface area contributed by atoms with Gasteiger partial charge in [0.2, 0.25) is 10.4 Å². The highest BCUT2D eigenvalue weighted by atomic mass is 35.5. The van der Waals surface area contributed by atoms with E-state index in [1.165, 1.54) is 167 Å². The number of aliphatic hydroxyl groups is 1. The lowest BCUT2D eigenvalue weighted by molar-refractivity contribution is -0.910. The topological polar surface area (TPSA) is 156 Å². The number of quaternary nitrogens is 2. The first kappa shape index (κ1) is 64.6. The molecule has 0 aromatic carbocycles. The maximum Gasteiger partial charge on any atom is 0.305 e. The van der Waals surface area contributed by atoms with E-state index in [2.05, 4.69) is 18.0 Å². The average Bonchev–Trinajstić information content (AvgIpc) is 3.18. The molecule has 0 saturated carbocycles. The average molecular weight is 890 g/mol. The molecule has 0 rings (SSSR count). The smallest absolute Gasteiger partial charge is 0.305 e. The van der Waals surface area contributed by atoms with Crippen LogP contribution in [0.15, 0.2) is 0 Å². The maximum atomic E-state index is 12.3. The third-order valence-electron chi connectivity index (χ3n) is 10.6. The summed E-state index contributed by atoms with van der Waals surface area (Å²) in [6, 6.07) is 0. The molecule has 0 saturated heterocycles. The van der Waals surface area contributed by atoms with E-state index in [-0.39, 0.29) is 31.0 Å². The molecule has 0 bridgehead atoms. The number of nitrogens with zero attached hydrogens (tertiary/aromatic N) is 1. The molecule has 13 heteroatoms. The Morgan fingerprint density at radius 3 is 0.949 bits per heavy atom. The molecular weight excluding hydrogens is 792 g/mol. The predicted molar refractivity (Wildman–Crippen MR) is 239 cm³/mol. The number of halogens is 1. The lowest BCUT2D eigenvalue weighted by Crippen LogP contribution is -3.00. The van der Waals surface area contributed by atoms with Crippen molar-refractivity contribution in [2.24, 2.45) is 0 Å². The van der Waals surface area contributed by atoms with Crippen LogP contribution in [0.3, 0.4) is 0 Å². The van der Waals surface area contributed by atoms with Gasteiger partial charge >= 0.3 is 11.9 Å². The third kappa shape index (κ3) is 59.1. The second-order valence-corrected chi connectivity index (χ2v) is 17.7. The Morgan fingerprint density at radius 2 is 0.746 bits per heavy atom. The van der Waals surface area contributed by atoms with Crippen molar-refractivity contribution in [2.75, 3.05) is 67.7 Å². The van der Waals surface area contributed by atoms with Gasteiger partial charge in [0.25, 0.3) is 0 Å². The van der Waals surface area contributed by atoms with Gasteiger partial charge in [-0.15, -0.1) is 0 Å². The third-order valence-corrected chi connectivity index (χ3v) is 11.0. The molecule has 0 aromatic heterocycles. The second-order valence-electron chi connectivity index (χ2n) is 16.5. The Balaban J connectivity index is -0.00000136. The molecule has 358 valence electrons. The van der Waals surface area contributed by atoms with E-state index < -0.39 is 10.4 Å². The minimum atomic E-state index is -4.41. The van der Waals surface area contributed by atoms with E-state index in [0.717, 1.165) is 32.8 Å². The fourth-order valence-electron chi connectivity index (χ4n) is 6.76. The number of carbonyl (C=O) groups excluding carboxylic acids is 2. The SMILES string of the molecule is CCCCCCCCCCCCCCCCCC(=O)OCC[N+](C)(CCO)CCOC(=O)CCCCCCCCCCCCCCCCC.COS(=O)(=O)[O-].C[NH2+]C.[Cl-]. The van der Waals surface area contributed by atoms with Gasteiger partial charge < -0.3 is 41.3 Å². The van der Waals surface area contributed by atoms with Gasteiger partial charge in [0.15, 0.2) is 0 Å². The van der Waals surface area contributed by atoms with E-state index in [9.17, 15) is 27.7 Å². The Hall–Kier alpha value is -1.02. The summed E-state index contributed by atoms with van der Waals surface area (Å²) in [5.74, 6) is -0.250. The summed E-state index contributed by atoms with van der Waals surface area (Å²) in [4.78, 5) is 24.5. The van der Waals surface area contributed by atoms with Crippen LogP contribution in [0.2, 0.25) is 0 Å². The molecule has 0 aliphatic rings. The zero-order valence-electron chi connectivity index (χ0n) is 39.4. The van der Waals surface area contributed by atoms with Crippen LogP contribution in [0.5, 0.6) is 0 Å². The molecule has 59 heavy (non-hydrogen) atoms. The lowest BCUT2D eigenvalue weighted by atomic mass is 10.0. The monoisotopic (exact) mass is 889 g/mol. The van der Waals surface area contributed by atoms with Crippen LogP contribution >= 0.6 is 0 Å². The van der Waals surface area contributed by atoms with Gasteiger partial charge in [-0.05, 0) is 12.8 Å². The van der Waals surface area contributed by atoms with Crippen molar-refractivity contribution in [1.82, 2.24) is 0 Å². The van der Waals surface area contributed by atoms with Gasteiger partial charge in [-0.2, -0.15) is 0 Å². The van der Waals surface area contributed by atoms with Crippen molar-refractivity contribution in [1.29, 1.82) is 0 Å². The first-order valence-electron chi connectivity index (χ1n) is 24.0. The molecule has 0 radical (unpaired) electrons. The van der Waals surface area contributed by atoms with E-state index in [0.29, 0.717) is 50.2 Å². The minimum absolute atomic E-state index is 0. The highest BCUT2D eigenvalue weighted by molar-refractivity contribution is 7.80. The number of hydrogen-bond donors (Lipinski definition) is 2. The highest BCUT2D eigenvalue weighted by Gasteiger charge is 2.22. The summed E-state index contributed by atoms with van der Waals surface area (Å²) in [6.45, 7) is 7.05. The fourth-order valence-corrected chi connectivity index (χ4v) is 6.76. The van der Waals surface area contributed by atoms with Gasteiger partial charge in [-0.3, -0.25) is 13.8 Å². The number of nitrogens with two attached hydrogens (primary N) is 1. The van der Waals surface area contributed by atoms with E-state index in [1.54, 1.807) is 0 Å². The van der Waals surface area contributed by atoms with Crippen molar-refractivity contribution in [2.45, 2.75) is 219 Å². The molecule has 0 fully saturated rings. The first-order chi connectivity index (χ1) is 27.9. The number of likely N-dealkylation sites (N-methyl/N-ethyl adjacent to an activating group) is 1. The molecular formula is C46H97ClN2O9S. The molecule has 0 heterocycles. The van der Waals surface area contributed by atoms with Gasteiger partial charge in [0, 0.05) is 12.8 Å². The van der Waals surface area contributed by atoms with Crippen LogP contribution in [0.4, 0.5) is 0 Å². The van der Waals surface area contributed by atoms with Crippen molar-refractivity contribution in [3.63, 3.8) is 0 Å². The minimum Gasteiger partial charge on any atom is -1.00 e. The number of unbranched alkanes of at least 4 members (excludes halogenated alkanes) is 28. The predicted octanol–water partition coefficient (Wildman–Crippen LogP) is 6.94. The summed E-state index contributed by atoms with van der Waals surface area (Å²) in [5, 5.41) is 11.6. The summed E-state index contributed by atoms with van der Waals surface area (Å²) in [7, 11) is 2.42. The molecule has 0 aromatic rings. The molecule has 0 aliphatic carbocycles. The second kappa shape index (κ2) is 51.3. The van der Waals surface area contributed by atoms with Crippen LogP contribution in [-0.2, 0) is 33.6 Å². The number of rotatable bonds is 41. The largest absolute Gasteiger partial charge is 1.00 e. The van der Waals surface area contributed by atoms with Gasteiger partial charge in [0.1, 0.15) is 32.8 Å². The highest BCUT2D eigenvalue weighted by Crippen LogP contribution is 2.16. The van der Waals surface area contributed by atoms with Crippen LogP contribution in [0.25, 0.3) is 0 Å². The molecule has 0 amide bonds. The summed E-state index contributed by atoms with van der Waals surface area (Å²) < 4.78 is 42.6. The molecule has 0 spiro atoms. The zero-order chi connectivity index (χ0) is 43.9. The number of ether oxygens (including phenoxy) is 2. The standard InChI is InChI=1S/C43H86NO5.C2H7N.CH4O4S.ClH/c1-4-6-8-10-12-14-16-18-20-22-24-26-28-30-32-34-42(46)48-40-37-44(3,36-39-45)38-41-49-43(47)35-33-31-29-27-25-23-21-19-17-15-13-11-9-7-5-2;1-3-2;1-5-6(2,3)4;/h45H,4-41H2,1-3H3;3H,1-2H3;1H3,(H,2,3,4);1H/q+1;;;/p-1. The Morgan fingerprint density at radius 1 is 0.525 bits per heavy atom. The molecule has 0 aliphatic heterocycles. The first-order valence-corrected chi connectivity index (χ1v) is 25.3. The van der Waals surface area contributed by atoms with Crippen molar-refractivity contribution < 1.29 is 63.5 Å². The van der Waals surface area contributed by atoms with Gasteiger partial charge in [-0.1, -0.05) is 194 Å². The fraction of sp³-hybridized carbons (Fsp3) is 0.957. The normalized spacial score (nSPS) is 11.2. The Bertz CT molecular complexity index is 909. The summed E-state index contributed by atoms with van der Waals surface area (Å²) >= 11 is 0. The van der Waals surface area contributed by atoms with Crippen molar-refractivity contribution in [3.05, 3.63) is 0 Å².